The minimum Gasteiger partial charge on any atom is -0.393 e. The molecule has 22 heavy (non-hydrogen) atoms. The third-order valence-corrected chi connectivity index (χ3v) is 4.12. The highest BCUT2D eigenvalue weighted by molar-refractivity contribution is 5.95. The Labute approximate surface area is 128 Å². The molecule has 1 amide bonds. The molecule has 0 spiro atoms. The maximum absolute atomic E-state index is 12.5. The van der Waals surface area contributed by atoms with Crippen LogP contribution < -0.4 is 5.32 Å². The number of carbonyl (C=O) groups excluding carboxylic acids is 1. The van der Waals surface area contributed by atoms with Crippen molar-refractivity contribution < 1.29 is 14.4 Å². The SMILES string of the molecule is CCc1oncc1C(=O)NC(c1ccccn1)C1CC(O)C1. The van der Waals surface area contributed by atoms with E-state index in [1.165, 1.54) is 6.20 Å². The first-order valence-electron chi connectivity index (χ1n) is 7.52. The fraction of sp³-hybridized carbons (Fsp3) is 0.438. The molecule has 1 aliphatic rings. The van der Waals surface area contributed by atoms with E-state index in [4.69, 9.17) is 4.52 Å². The molecule has 2 aromatic rings. The van der Waals surface area contributed by atoms with Gasteiger partial charge in [0, 0.05) is 12.6 Å². The van der Waals surface area contributed by atoms with Gasteiger partial charge in [0.2, 0.25) is 0 Å². The Morgan fingerprint density at radius 1 is 1.50 bits per heavy atom. The smallest absolute Gasteiger partial charge is 0.257 e. The third kappa shape index (κ3) is 2.87. The predicted octanol–water partition coefficient (Wildman–Crippen LogP) is 1.87. The first-order valence-corrected chi connectivity index (χ1v) is 7.52. The summed E-state index contributed by atoms with van der Waals surface area (Å²) in [4.78, 5) is 16.8. The average Bonchev–Trinajstić information content (AvgIpc) is 2.99. The maximum Gasteiger partial charge on any atom is 0.257 e. The molecule has 1 unspecified atom stereocenters. The van der Waals surface area contributed by atoms with E-state index in [0.29, 0.717) is 30.6 Å². The zero-order valence-electron chi connectivity index (χ0n) is 12.4. The Morgan fingerprint density at radius 2 is 2.32 bits per heavy atom. The third-order valence-electron chi connectivity index (χ3n) is 4.12. The second-order valence-electron chi connectivity index (χ2n) is 5.61. The molecular formula is C16H19N3O3. The largest absolute Gasteiger partial charge is 0.393 e. The lowest BCUT2D eigenvalue weighted by Crippen LogP contribution is -2.41. The molecule has 0 aromatic carbocycles. The number of hydrogen-bond donors (Lipinski definition) is 2. The normalized spacial score (nSPS) is 21.9. The quantitative estimate of drug-likeness (QED) is 0.880. The van der Waals surface area contributed by atoms with Gasteiger partial charge in [0.15, 0.2) is 0 Å². The number of aliphatic hydroxyl groups is 1. The van der Waals surface area contributed by atoms with Crippen LogP contribution in [-0.4, -0.2) is 27.3 Å². The number of amides is 1. The number of aryl methyl sites for hydroxylation is 1. The summed E-state index contributed by atoms with van der Waals surface area (Å²) < 4.78 is 5.07. The van der Waals surface area contributed by atoms with Crippen molar-refractivity contribution in [2.75, 3.05) is 0 Å². The zero-order valence-corrected chi connectivity index (χ0v) is 12.4. The fourth-order valence-electron chi connectivity index (χ4n) is 2.82. The minimum absolute atomic E-state index is 0.193. The monoisotopic (exact) mass is 301 g/mol. The summed E-state index contributed by atoms with van der Waals surface area (Å²) in [6, 6.07) is 5.42. The first-order chi connectivity index (χ1) is 10.7. The van der Waals surface area contributed by atoms with Crippen molar-refractivity contribution in [3.05, 3.63) is 47.6 Å². The molecule has 6 heteroatoms. The molecule has 116 valence electrons. The van der Waals surface area contributed by atoms with Crippen LogP contribution >= 0.6 is 0 Å². The molecule has 0 aliphatic heterocycles. The van der Waals surface area contributed by atoms with Crippen molar-refractivity contribution in [2.45, 2.75) is 38.3 Å². The highest BCUT2D eigenvalue weighted by atomic mass is 16.5. The Morgan fingerprint density at radius 3 is 2.95 bits per heavy atom. The van der Waals surface area contributed by atoms with E-state index in [1.54, 1.807) is 6.20 Å². The molecule has 1 fully saturated rings. The van der Waals surface area contributed by atoms with E-state index in [9.17, 15) is 9.90 Å². The topological polar surface area (TPSA) is 88.3 Å². The van der Waals surface area contributed by atoms with Gasteiger partial charge in [-0.2, -0.15) is 0 Å². The van der Waals surface area contributed by atoms with Crippen LogP contribution in [0.3, 0.4) is 0 Å². The summed E-state index contributed by atoms with van der Waals surface area (Å²) >= 11 is 0. The lowest BCUT2D eigenvalue weighted by Gasteiger charge is -2.37. The lowest BCUT2D eigenvalue weighted by atomic mass is 9.76. The van der Waals surface area contributed by atoms with Crippen molar-refractivity contribution in [2.24, 2.45) is 5.92 Å². The van der Waals surface area contributed by atoms with Gasteiger partial charge in [0.1, 0.15) is 11.3 Å². The van der Waals surface area contributed by atoms with E-state index in [1.807, 2.05) is 25.1 Å². The van der Waals surface area contributed by atoms with E-state index in [0.717, 1.165) is 5.69 Å². The lowest BCUT2D eigenvalue weighted by molar-refractivity contribution is 0.0228. The summed E-state index contributed by atoms with van der Waals surface area (Å²) in [6.07, 6.45) is 4.83. The minimum atomic E-state index is -0.282. The van der Waals surface area contributed by atoms with E-state index in [2.05, 4.69) is 15.5 Å². The van der Waals surface area contributed by atoms with Gasteiger partial charge in [-0.3, -0.25) is 9.78 Å². The second-order valence-corrected chi connectivity index (χ2v) is 5.61. The Kier molecular flexibility index (Phi) is 4.20. The molecule has 2 aromatic heterocycles. The predicted molar refractivity (Wildman–Crippen MR) is 79.1 cm³/mol. The summed E-state index contributed by atoms with van der Waals surface area (Å²) in [5.41, 5.74) is 1.27. The first kappa shape index (κ1) is 14.7. The highest BCUT2D eigenvalue weighted by Gasteiger charge is 2.36. The number of nitrogens with zero attached hydrogens (tertiary/aromatic N) is 2. The van der Waals surface area contributed by atoms with Crippen molar-refractivity contribution in [1.29, 1.82) is 0 Å². The number of hydrogen-bond acceptors (Lipinski definition) is 5. The Hall–Kier alpha value is -2.21. The van der Waals surface area contributed by atoms with E-state index < -0.39 is 0 Å². The van der Waals surface area contributed by atoms with Crippen LogP contribution in [0.15, 0.2) is 35.1 Å². The number of aromatic nitrogens is 2. The van der Waals surface area contributed by atoms with Crippen LogP contribution in [0.1, 0.15) is 47.6 Å². The van der Waals surface area contributed by atoms with Crippen molar-refractivity contribution >= 4 is 5.91 Å². The number of aliphatic hydroxyl groups excluding tert-OH is 1. The zero-order chi connectivity index (χ0) is 15.5. The summed E-state index contributed by atoms with van der Waals surface area (Å²) in [6.45, 7) is 1.91. The van der Waals surface area contributed by atoms with Gasteiger partial charge in [-0.05, 0) is 30.9 Å². The van der Waals surface area contributed by atoms with Gasteiger partial charge < -0.3 is 14.9 Å². The van der Waals surface area contributed by atoms with Crippen LogP contribution in [0.25, 0.3) is 0 Å². The van der Waals surface area contributed by atoms with Crippen LogP contribution in [-0.2, 0) is 6.42 Å². The standard InChI is InChI=1S/C16H19N3O3/c1-2-14-12(9-18-22-14)16(21)19-15(10-7-11(20)8-10)13-5-3-4-6-17-13/h3-6,9-11,15,20H,2,7-8H2,1H3,(H,19,21). The molecule has 6 nitrogen and oxygen atoms in total. The van der Waals surface area contributed by atoms with Gasteiger partial charge in [0.25, 0.3) is 5.91 Å². The summed E-state index contributed by atoms with van der Waals surface area (Å²) in [5, 5.41) is 16.3. The van der Waals surface area contributed by atoms with Crippen LogP contribution in [0, 0.1) is 5.92 Å². The van der Waals surface area contributed by atoms with Gasteiger partial charge in [-0.25, -0.2) is 0 Å². The summed E-state index contributed by atoms with van der Waals surface area (Å²) in [7, 11) is 0. The molecule has 1 saturated carbocycles. The number of rotatable bonds is 5. The second kappa shape index (κ2) is 6.27. The molecule has 0 bridgehead atoms. The maximum atomic E-state index is 12.5. The van der Waals surface area contributed by atoms with Gasteiger partial charge >= 0.3 is 0 Å². The Balaban J connectivity index is 1.80. The average molecular weight is 301 g/mol. The van der Waals surface area contributed by atoms with Crippen molar-refractivity contribution in [1.82, 2.24) is 15.5 Å². The van der Waals surface area contributed by atoms with E-state index >= 15 is 0 Å². The molecule has 3 rings (SSSR count). The molecule has 0 radical (unpaired) electrons. The fourth-order valence-corrected chi connectivity index (χ4v) is 2.82. The number of carbonyl (C=O) groups is 1. The van der Waals surface area contributed by atoms with Gasteiger partial charge in [-0.15, -0.1) is 0 Å². The van der Waals surface area contributed by atoms with Gasteiger partial charge in [-0.1, -0.05) is 18.1 Å². The van der Waals surface area contributed by atoms with Crippen LogP contribution in [0.5, 0.6) is 0 Å². The van der Waals surface area contributed by atoms with Crippen molar-refractivity contribution in [3.63, 3.8) is 0 Å². The highest BCUT2D eigenvalue weighted by Crippen LogP contribution is 2.37. The molecule has 1 atom stereocenters. The van der Waals surface area contributed by atoms with Crippen molar-refractivity contribution in [3.8, 4) is 0 Å². The number of nitrogens with one attached hydrogen (secondary N) is 1. The van der Waals surface area contributed by atoms with Crippen LogP contribution in [0.2, 0.25) is 0 Å². The van der Waals surface area contributed by atoms with E-state index in [-0.39, 0.29) is 24.0 Å². The summed E-state index contributed by atoms with van der Waals surface area (Å²) in [5.74, 6) is 0.555. The number of pyridine rings is 1. The molecule has 2 heterocycles. The molecule has 1 aliphatic carbocycles. The van der Waals surface area contributed by atoms with Gasteiger partial charge in [0.05, 0.1) is 24.0 Å². The molecule has 0 saturated heterocycles. The molecule has 2 N–H and O–H groups in total. The Bertz CT molecular complexity index is 635. The molecular weight excluding hydrogens is 282 g/mol. The van der Waals surface area contributed by atoms with Crippen LogP contribution in [0.4, 0.5) is 0 Å².